The van der Waals surface area contributed by atoms with Gasteiger partial charge in [0.25, 0.3) is 0 Å². The first-order chi connectivity index (χ1) is 7.76. The van der Waals surface area contributed by atoms with Gasteiger partial charge < -0.3 is 19.3 Å². The summed E-state index contributed by atoms with van der Waals surface area (Å²) in [5.41, 5.74) is -0.485. The van der Waals surface area contributed by atoms with Crippen LogP contribution < -0.4 is 0 Å². The topological polar surface area (TPSA) is 65.0 Å². The fraction of sp³-hybridized carbons (Fsp3) is 0.917. The number of carbonyl (C=O) groups excluding carboxylic acids is 1. The Hall–Kier alpha value is -0.650. The lowest BCUT2D eigenvalue weighted by Gasteiger charge is -2.42. The fourth-order valence-electron chi connectivity index (χ4n) is 1.82. The highest BCUT2D eigenvalue weighted by atomic mass is 16.7. The van der Waals surface area contributed by atoms with Crippen molar-refractivity contribution >= 4 is 5.97 Å². The summed E-state index contributed by atoms with van der Waals surface area (Å²) in [5, 5.41) is 10.00. The number of methoxy groups -OCH3 is 1. The van der Waals surface area contributed by atoms with Gasteiger partial charge in [-0.1, -0.05) is 13.8 Å². The second-order valence-electron chi connectivity index (χ2n) is 5.31. The van der Waals surface area contributed by atoms with E-state index in [2.05, 4.69) is 0 Å². The van der Waals surface area contributed by atoms with Gasteiger partial charge in [-0.15, -0.1) is 0 Å². The average molecular weight is 246 g/mol. The van der Waals surface area contributed by atoms with Crippen molar-refractivity contribution in [1.82, 2.24) is 0 Å². The van der Waals surface area contributed by atoms with E-state index in [9.17, 15) is 9.90 Å². The zero-order valence-corrected chi connectivity index (χ0v) is 11.1. The second-order valence-corrected chi connectivity index (χ2v) is 5.31. The largest absolute Gasteiger partial charge is 0.454 e. The summed E-state index contributed by atoms with van der Waals surface area (Å²) in [5.74, 6) is -0.603. The van der Waals surface area contributed by atoms with Crippen LogP contribution in [0.1, 0.15) is 34.1 Å². The van der Waals surface area contributed by atoms with Gasteiger partial charge in [-0.3, -0.25) is 4.79 Å². The van der Waals surface area contributed by atoms with Crippen molar-refractivity contribution < 1.29 is 24.1 Å². The normalized spacial score (nSPS) is 32.5. The zero-order chi connectivity index (χ0) is 13.2. The Morgan fingerprint density at radius 3 is 2.53 bits per heavy atom. The highest BCUT2D eigenvalue weighted by Gasteiger charge is 2.44. The molecule has 0 aromatic rings. The monoisotopic (exact) mass is 246 g/mol. The van der Waals surface area contributed by atoms with Crippen LogP contribution in [-0.2, 0) is 19.0 Å². The van der Waals surface area contributed by atoms with Crippen LogP contribution in [0.3, 0.4) is 0 Å². The van der Waals surface area contributed by atoms with Gasteiger partial charge in [-0.25, -0.2) is 0 Å². The lowest BCUT2D eigenvalue weighted by molar-refractivity contribution is -0.288. The minimum Gasteiger partial charge on any atom is -0.454 e. The molecule has 1 aliphatic heterocycles. The average Bonchev–Trinajstić information content (AvgIpc) is 2.20. The van der Waals surface area contributed by atoms with E-state index in [1.54, 1.807) is 13.8 Å². The molecule has 0 amide bonds. The molecule has 17 heavy (non-hydrogen) atoms. The van der Waals surface area contributed by atoms with Crippen LogP contribution in [0.25, 0.3) is 0 Å². The number of esters is 1. The first-order valence-electron chi connectivity index (χ1n) is 5.86. The summed E-state index contributed by atoms with van der Waals surface area (Å²) in [4.78, 5) is 11.5. The Labute approximate surface area is 102 Å². The van der Waals surface area contributed by atoms with Gasteiger partial charge >= 0.3 is 5.97 Å². The summed E-state index contributed by atoms with van der Waals surface area (Å²) < 4.78 is 16.0. The van der Waals surface area contributed by atoms with Crippen LogP contribution >= 0.6 is 0 Å². The fourth-order valence-corrected chi connectivity index (χ4v) is 1.82. The Balaban J connectivity index is 2.72. The van der Waals surface area contributed by atoms with Crippen molar-refractivity contribution in [2.45, 2.75) is 58.2 Å². The van der Waals surface area contributed by atoms with Crippen molar-refractivity contribution in [2.24, 2.45) is 5.92 Å². The molecule has 5 heteroatoms. The van der Waals surface area contributed by atoms with Crippen LogP contribution in [-0.4, -0.2) is 42.3 Å². The Morgan fingerprint density at radius 2 is 2.06 bits per heavy atom. The highest BCUT2D eigenvalue weighted by Crippen LogP contribution is 2.31. The quantitative estimate of drug-likeness (QED) is 0.755. The summed E-state index contributed by atoms with van der Waals surface area (Å²) in [7, 11) is 1.47. The molecule has 1 saturated heterocycles. The summed E-state index contributed by atoms with van der Waals surface area (Å²) in [6.07, 6.45) is -1.85. The van der Waals surface area contributed by atoms with Crippen LogP contribution in [0.2, 0.25) is 0 Å². The maximum Gasteiger partial charge on any atom is 0.308 e. The molecule has 0 spiro atoms. The van der Waals surface area contributed by atoms with Gasteiger partial charge in [0.1, 0.15) is 0 Å². The van der Waals surface area contributed by atoms with E-state index in [4.69, 9.17) is 14.2 Å². The van der Waals surface area contributed by atoms with Crippen LogP contribution in [0.5, 0.6) is 0 Å². The van der Waals surface area contributed by atoms with Crippen molar-refractivity contribution in [2.75, 3.05) is 7.11 Å². The Bertz CT molecular complexity index is 274. The molecule has 0 aliphatic carbocycles. The SMILES string of the molecule is COC1OC(C)(C)CC(O)C1OC(=O)C(C)C. The van der Waals surface area contributed by atoms with Crippen LogP contribution in [0.4, 0.5) is 0 Å². The van der Waals surface area contributed by atoms with Crippen LogP contribution in [0.15, 0.2) is 0 Å². The number of carbonyl (C=O) groups is 1. The molecule has 0 aromatic carbocycles. The van der Waals surface area contributed by atoms with Crippen molar-refractivity contribution in [3.8, 4) is 0 Å². The van der Waals surface area contributed by atoms with E-state index in [0.717, 1.165) is 0 Å². The smallest absolute Gasteiger partial charge is 0.308 e. The van der Waals surface area contributed by atoms with Crippen LogP contribution in [0, 0.1) is 5.92 Å². The molecule has 5 nitrogen and oxygen atoms in total. The third-order valence-corrected chi connectivity index (χ3v) is 2.74. The van der Waals surface area contributed by atoms with E-state index in [1.807, 2.05) is 13.8 Å². The van der Waals surface area contributed by atoms with Gasteiger partial charge in [0.15, 0.2) is 12.4 Å². The number of rotatable bonds is 3. The van der Waals surface area contributed by atoms with Gasteiger partial charge in [0.05, 0.1) is 17.6 Å². The maximum absolute atomic E-state index is 11.5. The molecule has 0 bridgehead atoms. The van der Waals surface area contributed by atoms with E-state index in [1.165, 1.54) is 7.11 Å². The van der Waals surface area contributed by atoms with Gasteiger partial charge in [-0.05, 0) is 13.8 Å². The van der Waals surface area contributed by atoms with Gasteiger partial charge in [0, 0.05) is 13.5 Å². The number of hydrogen-bond acceptors (Lipinski definition) is 5. The standard InChI is InChI=1S/C12H22O5/c1-7(2)10(14)16-9-8(13)6-12(3,4)17-11(9)15-5/h7-9,11,13H,6H2,1-5H3. The van der Waals surface area contributed by atoms with E-state index >= 15 is 0 Å². The minimum atomic E-state index is -0.772. The molecule has 1 heterocycles. The van der Waals surface area contributed by atoms with Gasteiger partial charge in [0.2, 0.25) is 0 Å². The molecule has 1 fully saturated rings. The van der Waals surface area contributed by atoms with E-state index in [-0.39, 0.29) is 11.9 Å². The minimum absolute atomic E-state index is 0.241. The molecule has 100 valence electrons. The summed E-state index contributed by atoms with van der Waals surface area (Å²) in [6.45, 7) is 7.21. The summed E-state index contributed by atoms with van der Waals surface area (Å²) >= 11 is 0. The van der Waals surface area contributed by atoms with Crippen molar-refractivity contribution in [3.63, 3.8) is 0 Å². The maximum atomic E-state index is 11.5. The predicted octanol–water partition coefficient (Wildman–Crippen LogP) is 1.09. The molecule has 1 aliphatic rings. The third kappa shape index (κ3) is 3.66. The summed E-state index contributed by atoms with van der Waals surface area (Å²) in [6, 6.07) is 0. The lowest BCUT2D eigenvalue weighted by atomic mass is 9.93. The Morgan fingerprint density at radius 1 is 1.47 bits per heavy atom. The third-order valence-electron chi connectivity index (χ3n) is 2.74. The van der Waals surface area contributed by atoms with Crippen molar-refractivity contribution in [1.29, 1.82) is 0 Å². The molecule has 3 unspecified atom stereocenters. The second kappa shape index (κ2) is 5.33. The van der Waals surface area contributed by atoms with E-state index in [0.29, 0.717) is 6.42 Å². The Kier molecular flexibility index (Phi) is 4.52. The molecular weight excluding hydrogens is 224 g/mol. The first kappa shape index (κ1) is 14.4. The van der Waals surface area contributed by atoms with E-state index < -0.39 is 24.1 Å². The molecule has 0 radical (unpaired) electrons. The van der Waals surface area contributed by atoms with Gasteiger partial charge in [-0.2, -0.15) is 0 Å². The van der Waals surface area contributed by atoms with Crippen molar-refractivity contribution in [3.05, 3.63) is 0 Å². The molecule has 1 N–H and O–H groups in total. The molecule has 0 saturated carbocycles. The first-order valence-corrected chi connectivity index (χ1v) is 5.86. The predicted molar refractivity (Wildman–Crippen MR) is 61.3 cm³/mol. The molecule has 1 rings (SSSR count). The number of hydrogen-bond donors (Lipinski definition) is 1. The molecular formula is C12H22O5. The molecule has 3 atom stereocenters. The lowest BCUT2D eigenvalue weighted by Crippen LogP contribution is -2.54. The number of aliphatic hydroxyl groups is 1. The number of ether oxygens (including phenoxy) is 3. The number of aliphatic hydroxyl groups excluding tert-OH is 1. The molecule has 0 aromatic heterocycles. The highest BCUT2D eigenvalue weighted by molar-refractivity contribution is 5.71. The zero-order valence-electron chi connectivity index (χ0n) is 11.1.